The lowest BCUT2D eigenvalue weighted by molar-refractivity contribution is -0.384. The lowest BCUT2D eigenvalue weighted by atomic mass is 10.1. The van der Waals surface area contributed by atoms with Crippen LogP contribution < -0.4 is 5.32 Å². The fourth-order valence-corrected chi connectivity index (χ4v) is 2.22. The van der Waals surface area contributed by atoms with Crippen molar-refractivity contribution >= 4 is 28.9 Å². The molecule has 0 spiro atoms. The third-order valence-electron chi connectivity index (χ3n) is 3.22. The van der Waals surface area contributed by atoms with Crippen LogP contribution in [0.4, 0.5) is 11.4 Å². The lowest BCUT2D eigenvalue weighted by Gasteiger charge is -2.17. The Bertz CT molecular complexity index is 543. The molecule has 102 valence electrons. The second-order valence-electron chi connectivity index (χ2n) is 4.68. The van der Waals surface area contributed by atoms with Gasteiger partial charge in [-0.25, -0.2) is 4.79 Å². The average molecular weight is 285 g/mol. The van der Waals surface area contributed by atoms with Gasteiger partial charge in [0.1, 0.15) is 0 Å². The maximum absolute atomic E-state index is 11.2. The van der Waals surface area contributed by atoms with E-state index in [0.29, 0.717) is 5.92 Å². The number of carboxylic acids is 1. The van der Waals surface area contributed by atoms with E-state index in [1.165, 1.54) is 0 Å². The molecule has 0 bridgehead atoms. The van der Waals surface area contributed by atoms with Gasteiger partial charge in [0.25, 0.3) is 5.69 Å². The standard InChI is InChI=1S/C12H13ClN2O4/c1-6(7-2-3-7)14-11-9(12(16)17)4-8(15(18)19)5-10(11)13/h4-7,14H,2-3H2,1H3,(H,16,17). The van der Waals surface area contributed by atoms with E-state index in [-0.39, 0.29) is 28.0 Å². The van der Waals surface area contributed by atoms with Crippen molar-refractivity contribution < 1.29 is 14.8 Å². The number of nitrogens with zero attached hydrogens (tertiary/aromatic N) is 1. The molecule has 0 aliphatic heterocycles. The third kappa shape index (κ3) is 2.96. The minimum Gasteiger partial charge on any atom is -0.478 e. The van der Waals surface area contributed by atoms with Crippen molar-refractivity contribution in [2.45, 2.75) is 25.8 Å². The highest BCUT2D eigenvalue weighted by molar-refractivity contribution is 6.34. The molecule has 0 saturated heterocycles. The summed E-state index contributed by atoms with van der Waals surface area (Å²) in [4.78, 5) is 21.2. The predicted molar refractivity (Wildman–Crippen MR) is 70.9 cm³/mol. The third-order valence-corrected chi connectivity index (χ3v) is 3.52. The molecule has 0 aromatic heterocycles. The van der Waals surface area contributed by atoms with Crippen molar-refractivity contribution in [2.75, 3.05) is 5.32 Å². The summed E-state index contributed by atoms with van der Waals surface area (Å²) >= 11 is 5.96. The Hall–Kier alpha value is -1.82. The number of hydrogen-bond acceptors (Lipinski definition) is 4. The summed E-state index contributed by atoms with van der Waals surface area (Å²) in [7, 11) is 0. The summed E-state index contributed by atoms with van der Waals surface area (Å²) in [5, 5.41) is 23.0. The summed E-state index contributed by atoms with van der Waals surface area (Å²) in [5.74, 6) is -0.732. The van der Waals surface area contributed by atoms with Crippen LogP contribution in [0.15, 0.2) is 12.1 Å². The van der Waals surface area contributed by atoms with E-state index in [1.807, 2.05) is 6.92 Å². The molecule has 1 atom stereocenters. The monoisotopic (exact) mass is 284 g/mol. The molecule has 1 aromatic carbocycles. The number of benzene rings is 1. The van der Waals surface area contributed by atoms with Gasteiger partial charge in [-0.15, -0.1) is 0 Å². The van der Waals surface area contributed by atoms with E-state index < -0.39 is 10.9 Å². The number of anilines is 1. The molecule has 1 aliphatic carbocycles. The number of halogens is 1. The van der Waals surface area contributed by atoms with Crippen LogP contribution in [0, 0.1) is 16.0 Å². The minimum atomic E-state index is -1.24. The van der Waals surface area contributed by atoms with Crippen LogP contribution in [0.3, 0.4) is 0 Å². The first kappa shape index (κ1) is 13.6. The highest BCUT2D eigenvalue weighted by Crippen LogP contribution is 2.37. The number of hydrogen-bond donors (Lipinski definition) is 2. The van der Waals surface area contributed by atoms with Gasteiger partial charge in [-0.05, 0) is 25.7 Å². The summed E-state index contributed by atoms with van der Waals surface area (Å²) < 4.78 is 0. The van der Waals surface area contributed by atoms with Gasteiger partial charge in [0.05, 0.1) is 21.2 Å². The van der Waals surface area contributed by atoms with Crippen molar-refractivity contribution in [1.82, 2.24) is 0 Å². The maximum Gasteiger partial charge on any atom is 0.338 e. The van der Waals surface area contributed by atoms with Crippen LogP contribution >= 0.6 is 11.6 Å². The number of nitro benzene ring substituents is 1. The summed E-state index contributed by atoms with van der Waals surface area (Å²) in [6.45, 7) is 1.95. The van der Waals surface area contributed by atoms with Gasteiger partial charge >= 0.3 is 5.97 Å². The number of nitrogens with one attached hydrogen (secondary N) is 1. The smallest absolute Gasteiger partial charge is 0.338 e. The summed E-state index contributed by atoms with van der Waals surface area (Å²) in [6, 6.07) is 2.28. The number of rotatable bonds is 5. The van der Waals surface area contributed by atoms with Gasteiger partial charge < -0.3 is 10.4 Å². The quantitative estimate of drug-likeness (QED) is 0.640. The Morgan fingerprint density at radius 3 is 2.68 bits per heavy atom. The number of carboxylic acid groups (broad SMARTS) is 1. The molecule has 1 saturated carbocycles. The van der Waals surface area contributed by atoms with E-state index in [9.17, 15) is 14.9 Å². The van der Waals surface area contributed by atoms with Crippen LogP contribution in [0.1, 0.15) is 30.1 Å². The normalized spacial score (nSPS) is 15.9. The SMILES string of the molecule is CC(Nc1c(Cl)cc([N+](=O)[O-])cc1C(=O)O)C1CC1. The molecule has 1 aliphatic rings. The van der Waals surface area contributed by atoms with Crippen LogP contribution in [-0.4, -0.2) is 22.0 Å². The zero-order chi connectivity index (χ0) is 14.2. The number of non-ortho nitro benzene ring substituents is 1. The van der Waals surface area contributed by atoms with Crippen molar-refractivity contribution in [1.29, 1.82) is 0 Å². The van der Waals surface area contributed by atoms with Crippen LogP contribution in [-0.2, 0) is 0 Å². The van der Waals surface area contributed by atoms with Crippen molar-refractivity contribution in [3.63, 3.8) is 0 Å². The zero-order valence-electron chi connectivity index (χ0n) is 10.2. The Morgan fingerprint density at radius 1 is 1.58 bits per heavy atom. The van der Waals surface area contributed by atoms with Gasteiger partial charge in [0.2, 0.25) is 0 Å². The number of nitro groups is 1. The van der Waals surface area contributed by atoms with Gasteiger partial charge in [0.15, 0.2) is 0 Å². The molecular formula is C12H13ClN2O4. The molecule has 19 heavy (non-hydrogen) atoms. The van der Waals surface area contributed by atoms with Crippen LogP contribution in [0.2, 0.25) is 5.02 Å². The highest BCUT2D eigenvalue weighted by Gasteiger charge is 2.30. The van der Waals surface area contributed by atoms with E-state index in [0.717, 1.165) is 25.0 Å². The maximum atomic E-state index is 11.2. The first-order chi connectivity index (χ1) is 8.90. The number of carbonyl (C=O) groups is 1. The van der Waals surface area contributed by atoms with Gasteiger partial charge in [-0.3, -0.25) is 10.1 Å². The van der Waals surface area contributed by atoms with Crippen molar-refractivity contribution in [2.24, 2.45) is 5.92 Å². The first-order valence-corrected chi connectivity index (χ1v) is 6.25. The van der Waals surface area contributed by atoms with Crippen LogP contribution in [0.25, 0.3) is 0 Å². The predicted octanol–water partition coefficient (Wildman–Crippen LogP) is 3.16. The zero-order valence-corrected chi connectivity index (χ0v) is 11.0. The minimum absolute atomic E-state index is 0.0547. The van der Waals surface area contributed by atoms with E-state index in [4.69, 9.17) is 16.7 Å². The van der Waals surface area contributed by atoms with Gasteiger partial charge in [-0.2, -0.15) is 0 Å². The molecule has 1 aromatic rings. The fraction of sp³-hybridized carbons (Fsp3) is 0.417. The van der Waals surface area contributed by atoms with Crippen LogP contribution in [0.5, 0.6) is 0 Å². The Morgan fingerprint density at radius 2 is 2.21 bits per heavy atom. The molecule has 2 N–H and O–H groups in total. The van der Waals surface area contributed by atoms with Crippen molar-refractivity contribution in [3.05, 3.63) is 32.8 Å². The first-order valence-electron chi connectivity index (χ1n) is 5.88. The molecule has 0 amide bonds. The molecule has 2 rings (SSSR count). The Kier molecular flexibility index (Phi) is 3.61. The number of aromatic carboxylic acids is 1. The van der Waals surface area contributed by atoms with E-state index in [1.54, 1.807) is 0 Å². The lowest BCUT2D eigenvalue weighted by Crippen LogP contribution is -2.19. The molecule has 0 radical (unpaired) electrons. The average Bonchev–Trinajstić information content (AvgIpc) is 3.14. The summed E-state index contributed by atoms with van der Waals surface area (Å²) in [5.41, 5.74) is -0.252. The molecule has 1 unspecified atom stereocenters. The molecular weight excluding hydrogens is 272 g/mol. The highest BCUT2D eigenvalue weighted by atomic mass is 35.5. The molecule has 6 nitrogen and oxygen atoms in total. The van der Waals surface area contributed by atoms with E-state index in [2.05, 4.69) is 5.32 Å². The molecule has 1 fully saturated rings. The van der Waals surface area contributed by atoms with Crippen molar-refractivity contribution in [3.8, 4) is 0 Å². The summed E-state index contributed by atoms with van der Waals surface area (Å²) in [6.07, 6.45) is 2.20. The second kappa shape index (κ2) is 5.05. The topological polar surface area (TPSA) is 92.5 Å². The Balaban J connectivity index is 2.39. The molecule has 7 heteroatoms. The van der Waals surface area contributed by atoms with Gasteiger partial charge in [-0.1, -0.05) is 11.6 Å². The largest absolute Gasteiger partial charge is 0.478 e. The van der Waals surface area contributed by atoms with Gasteiger partial charge in [0, 0.05) is 18.2 Å². The fourth-order valence-electron chi connectivity index (χ4n) is 1.95. The molecule has 0 heterocycles. The van der Waals surface area contributed by atoms with E-state index >= 15 is 0 Å². The Labute approximate surface area is 114 Å². The second-order valence-corrected chi connectivity index (χ2v) is 5.09.